The van der Waals surface area contributed by atoms with Crippen LogP contribution in [0, 0.1) is 0 Å². The molecule has 0 unspecified atom stereocenters. The second kappa shape index (κ2) is 3.94. The molecule has 1 aliphatic heterocycles. The zero-order chi connectivity index (χ0) is 12.8. The van der Waals surface area contributed by atoms with E-state index in [1.807, 2.05) is 24.3 Å². The van der Waals surface area contributed by atoms with Crippen molar-refractivity contribution in [3.8, 4) is 0 Å². The third-order valence-electron chi connectivity index (χ3n) is 4.40. The minimum Gasteiger partial charge on any atom is -0.281 e. The molecule has 0 bridgehead atoms. The predicted octanol–water partition coefficient (Wildman–Crippen LogP) is 2.50. The lowest BCUT2D eigenvalue weighted by atomic mass is 9.65. The molecule has 3 rings (SSSR count). The van der Waals surface area contributed by atoms with E-state index in [0.717, 1.165) is 31.2 Å². The molecule has 18 heavy (non-hydrogen) atoms. The highest BCUT2D eigenvalue weighted by Gasteiger charge is 2.49. The van der Waals surface area contributed by atoms with Crippen LogP contribution in [-0.4, -0.2) is 23.8 Å². The summed E-state index contributed by atoms with van der Waals surface area (Å²) in [4.78, 5) is 26.1. The molecule has 3 heteroatoms. The lowest BCUT2D eigenvalue weighted by molar-refractivity contribution is -0.135. The standard InChI is InChI=1S/C15H17NO2/c1-16-13(17)11-7-3-4-8-12(11)15(14(16)18)9-5-2-6-10-15/h3-4,7-8H,2,5-6,9-10H2,1H3. The van der Waals surface area contributed by atoms with E-state index in [1.165, 1.54) is 11.3 Å². The summed E-state index contributed by atoms with van der Waals surface area (Å²) in [6.45, 7) is 0. The summed E-state index contributed by atoms with van der Waals surface area (Å²) in [5, 5.41) is 0. The highest BCUT2D eigenvalue weighted by Crippen LogP contribution is 2.44. The first-order chi connectivity index (χ1) is 8.67. The van der Waals surface area contributed by atoms with Gasteiger partial charge in [-0.05, 0) is 24.5 Å². The van der Waals surface area contributed by atoms with Gasteiger partial charge in [-0.2, -0.15) is 0 Å². The zero-order valence-corrected chi connectivity index (χ0v) is 10.6. The first-order valence-corrected chi connectivity index (χ1v) is 6.59. The van der Waals surface area contributed by atoms with Gasteiger partial charge in [0.15, 0.2) is 0 Å². The van der Waals surface area contributed by atoms with Crippen molar-refractivity contribution in [3.63, 3.8) is 0 Å². The van der Waals surface area contributed by atoms with Crippen molar-refractivity contribution in [1.82, 2.24) is 4.90 Å². The highest BCUT2D eigenvalue weighted by molar-refractivity contribution is 6.13. The van der Waals surface area contributed by atoms with E-state index >= 15 is 0 Å². The van der Waals surface area contributed by atoms with Crippen LogP contribution in [0.3, 0.4) is 0 Å². The van der Waals surface area contributed by atoms with E-state index in [9.17, 15) is 9.59 Å². The molecule has 94 valence electrons. The summed E-state index contributed by atoms with van der Waals surface area (Å²) < 4.78 is 0. The van der Waals surface area contributed by atoms with Crippen molar-refractivity contribution in [3.05, 3.63) is 35.4 Å². The van der Waals surface area contributed by atoms with Gasteiger partial charge in [0.1, 0.15) is 0 Å². The molecule has 1 fully saturated rings. The molecule has 0 radical (unpaired) electrons. The maximum atomic E-state index is 12.6. The third kappa shape index (κ3) is 1.36. The van der Waals surface area contributed by atoms with Crippen molar-refractivity contribution in [2.45, 2.75) is 37.5 Å². The second-order valence-electron chi connectivity index (χ2n) is 5.36. The maximum Gasteiger partial charge on any atom is 0.260 e. The minimum absolute atomic E-state index is 0.00843. The van der Waals surface area contributed by atoms with Gasteiger partial charge in [0, 0.05) is 12.6 Å². The highest BCUT2D eigenvalue weighted by atomic mass is 16.2. The van der Waals surface area contributed by atoms with E-state index in [4.69, 9.17) is 0 Å². The van der Waals surface area contributed by atoms with E-state index in [1.54, 1.807) is 7.05 Å². The predicted molar refractivity (Wildman–Crippen MR) is 68.3 cm³/mol. The fraction of sp³-hybridized carbons (Fsp3) is 0.467. The molecule has 1 aliphatic carbocycles. The molecule has 0 N–H and O–H groups in total. The molecule has 0 saturated heterocycles. The number of carbonyl (C=O) groups is 2. The number of benzene rings is 1. The van der Waals surface area contributed by atoms with E-state index in [2.05, 4.69) is 0 Å². The Morgan fingerprint density at radius 1 is 1.06 bits per heavy atom. The van der Waals surface area contributed by atoms with Gasteiger partial charge < -0.3 is 0 Å². The Morgan fingerprint density at radius 2 is 1.72 bits per heavy atom. The summed E-state index contributed by atoms with van der Waals surface area (Å²) in [6.07, 6.45) is 5.08. The Kier molecular flexibility index (Phi) is 2.51. The number of rotatable bonds is 0. The van der Waals surface area contributed by atoms with Crippen LogP contribution < -0.4 is 0 Å². The van der Waals surface area contributed by atoms with Gasteiger partial charge in [-0.15, -0.1) is 0 Å². The van der Waals surface area contributed by atoms with Crippen LogP contribution in [0.1, 0.15) is 48.0 Å². The lowest BCUT2D eigenvalue weighted by Gasteiger charge is -2.43. The fourth-order valence-electron chi connectivity index (χ4n) is 3.43. The smallest absolute Gasteiger partial charge is 0.260 e. The Morgan fingerprint density at radius 3 is 2.44 bits per heavy atom. The summed E-state index contributed by atoms with van der Waals surface area (Å²) in [5.74, 6) is -0.169. The summed E-state index contributed by atoms with van der Waals surface area (Å²) in [6, 6.07) is 7.61. The van der Waals surface area contributed by atoms with Crippen molar-refractivity contribution in [1.29, 1.82) is 0 Å². The van der Waals surface area contributed by atoms with Crippen LogP contribution in [0.25, 0.3) is 0 Å². The third-order valence-corrected chi connectivity index (χ3v) is 4.40. The van der Waals surface area contributed by atoms with Crippen LogP contribution in [0.2, 0.25) is 0 Å². The van der Waals surface area contributed by atoms with E-state index in [-0.39, 0.29) is 11.8 Å². The van der Waals surface area contributed by atoms with Gasteiger partial charge in [-0.3, -0.25) is 14.5 Å². The second-order valence-corrected chi connectivity index (χ2v) is 5.36. The van der Waals surface area contributed by atoms with Crippen LogP contribution in [-0.2, 0) is 10.2 Å². The number of carbonyl (C=O) groups excluding carboxylic acids is 2. The number of likely N-dealkylation sites (N-methyl/N-ethyl adjacent to an activating group) is 1. The number of hydrogen-bond acceptors (Lipinski definition) is 2. The Labute approximate surface area is 107 Å². The average Bonchev–Trinajstić information content (AvgIpc) is 2.44. The van der Waals surface area contributed by atoms with Crippen molar-refractivity contribution in [2.75, 3.05) is 7.05 Å². The van der Waals surface area contributed by atoms with Gasteiger partial charge in [0.05, 0.1) is 5.41 Å². The number of nitrogens with zero attached hydrogens (tertiary/aromatic N) is 1. The van der Waals surface area contributed by atoms with Crippen molar-refractivity contribution < 1.29 is 9.59 Å². The number of amides is 2. The molecule has 1 saturated carbocycles. The molecule has 1 heterocycles. The molecule has 0 aromatic heterocycles. The van der Waals surface area contributed by atoms with Gasteiger partial charge in [0.25, 0.3) is 5.91 Å². The Balaban J connectivity index is 2.21. The molecular weight excluding hydrogens is 226 g/mol. The van der Waals surface area contributed by atoms with Crippen molar-refractivity contribution in [2.24, 2.45) is 0 Å². The topological polar surface area (TPSA) is 37.4 Å². The molecule has 1 spiro atoms. The Bertz CT molecular complexity index is 515. The molecular formula is C15H17NO2. The molecule has 0 atom stereocenters. The van der Waals surface area contributed by atoms with Gasteiger partial charge in [-0.1, -0.05) is 37.5 Å². The minimum atomic E-state index is -0.433. The average molecular weight is 243 g/mol. The monoisotopic (exact) mass is 243 g/mol. The number of imide groups is 1. The first kappa shape index (κ1) is 11.5. The van der Waals surface area contributed by atoms with Gasteiger partial charge in [0.2, 0.25) is 5.91 Å². The Hall–Kier alpha value is -1.64. The van der Waals surface area contributed by atoms with Gasteiger partial charge in [-0.25, -0.2) is 0 Å². The summed E-state index contributed by atoms with van der Waals surface area (Å²) in [7, 11) is 1.61. The molecule has 1 aromatic rings. The van der Waals surface area contributed by atoms with E-state index in [0.29, 0.717) is 5.56 Å². The largest absolute Gasteiger partial charge is 0.281 e. The maximum absolute atomic E-state index is 12.6. The SMILES string of the molecule is CN1C(=O)c2ccccc2C2(CCCCC2)C1=O. The summed E-state index contributed by atoms with van der Waals surface area (Å²) in [5.41, 5.74) is 1.23. The molecule has 1 aromatic carbocycles. The van der Waals surface area contributed by atoms with Crippen LogP contribution >= 0.6 is 0 Å². The lowest BCUT2D eigenvalue weighted by Crippen LogP contribution is -2.53. The normalized spacial score (nSPS) is 22.2. The fourth-order valence-corrected chi connectivity index (χ4v) is 3.43. The zero-order valence-electron chi connectivity index (χ0n) is 10.6. The van der Waals surface area contributed by atoms with Crippen LogP contribution in [0.5, 0.6) is 0 Å². The van der Waals surface area contributed by atoms with Crippen LogP contribution in [0.4, 0.5) is 0 Å². The number of hydrogen-bond donors (Lipinski definition) is 0. The van der Waals surface area contributed by atoms with E-state index < -0.39 is 5.41 Å². The van der Waals surface area contributed by atoms with Crippen molar-refractivity contribution >= 4 is 11.8 Å². The van der Waals surface area contributed by atoms with Crippen LogP contribution in [0.15, 0.2) is 24.3 Å². The summed E-state index contributed by atoms with van der Waals surface area (Å²) >= 11 is 0. The molecule has 2 aliphatic rings. The molecule has 2 amide bonds. The quantitative estimate of drug-likeness (QED) is 0.656. The number of fused-ring (bicyclic) bond motifs is 2. The first-order valence-electron chi connectivity index (χ1n) is 6.59. The van der Waals surface area contributed by atoms with Gasteiger partial charge >= 0.3 is 0 Å². The molecule has 3 nitrogen and oxygen atoms in total.